The van der Waals surface area contributed by atoms with Crippen LogP contribution in [0.1, 0.15) is 18.2 Å². The predicted molar refractivity (Wildman–Crippen MR) is 121 cm³/mol. The molecule has 174 valence electrons. The Bertz CT molecular complexity index is 1090. The van der Waals surface area contributed by atoms with E-state index in [2.05, 4.69) is 5.32 Å². The van der Waals surface area contributed by atoms with Crippen molar-refractivity contribution in [2.45, 2.75) is 20.1 Å². The third kappa shape index (κ3) is 9.48. The van der Waals surface area contributed by atoms with Crippen LogP contribution in [0.25, 0.3) is 11.3 Å². The van der Waals surface area contributed by atoms with E-state index in [0.717, 1.165) is 17.3 Å². The largest absolute Gasteiger partial charge is 0.519 e. The van der Waals surface area contributed by atoms with Gasteiger partial charge in [-0.05, 0) is 23.6 Å². The predicted octanol–water partition coefficient (Wildman–Crippen LogP) is 3.77. The molecular weight excluding hydrogens is 450 g/mol. The lowest BCUT2D eigenvalue weighted by Crippen LogP contribution is -2.28. The van der Waals surface area contributed by atoms with Gasteiger partial charge in [-0.15, -0.1) is 0 Å². The number of carbonyl (C=O) groups excluding carboxylic acids is 3. The summed E-state index contributed by atoms with van der Waals surface area (Å²) in [6, 6.07) is 18.4. The van der Waals surface area contributed by atoms with Crippen molar-refractivity contribution >= 4 is 28.9 Å². The Labute approximate surface area is 194 Å². The molecule has 1 N–H and O–H groups in total. The summed E-state index contributed by atoms with van der Waals surface area (Å²) in [6.45, 7) is 1.38. The van der Waals surface area contributed by atoms with Crippen molar-refractivity contribution in [1.82, 2.24) is 5.32 Å². The maximum atomic E-state index is 11.1. The van der Waals surface area contributed by atoms with Gasteiger partial charge in [0.2, 0.25) is 5.91 Å². The summed E-state index contributed by atoms with van der Waals surface area (Å²) in [5, 5.41) is 1.92. The maximum Gasteiger partial charge on any atom is 0.519 e. The number of hydrogen-bond acceptors (Lipinski definition) is 9. The summed E-state index contributed by atoms with van der Waals surface area (Å²) in [6.07, 6.45) is 1.60. The fraction of sp³-hybridized carbons (Fsp3) is 0.217. The van der Waals surface area contributed by atoms with E-state index in [9.17, 15) is 19.2 Å². The van der Waals surface area contributed by atoms with E-state index in [1.54, 1.807) is 30.5 Å². The summed E-state index contributed by atoms with van der Waals surface area (Å²) in [7, 11) is 0. The van der Waals surface area contributed by atoms with E-state index < -0.39 is 17.1 Å². The Hall–Kier alpha value is -3.79. The molecule has 0 bridgehead atoms. The first-order valence-electron chi connectivity index (χ1n) is 9.72. The Morgan fingerprint density at radius 2 is 1.55 bits per heavy atom. The number of thioether (sulfide) groups is 1. The zero-order valence-electron chi connectivity index (χ0n) is 18.1. The van der Waals surface area contributed by atoms with Crippen molar-refractivity contribution in [3.05, 3.63) is 82.6 Å². The van der Waals surface area contributed by atoms with Crippen LogP contribution in [0.3, 0.4) is 0 Å². The normalized spacial score (nSPS) is 9.88. The number of hydrogen-bond donors (Lipinski definition) is 1. The highest BCUT2D eigenvalue weighted by Crippen LogP contribution is 2.23. The number of carbonyl (C=O) groups is 3. The van der Waals surface area contributed by atoms with Gasteiger partial charge in [0.05, 0.1) is 0 Å². The van der Waals surface area contributed by atoms with Gasteiger partial charge in [0, 0.05) is 12.5 Å². The molecule has 1 aromatic heterocycles. The second-order valence-corrected chi connectivity index (χ2v) is 7.11. The van der Waals surface area contributed by atoms with Gasteiger partial charge in [-0.25, -0.2) is 9.59 Å². The summed E-state index contributed by atoms with van der Waals surface area (Å²) in [5.41, 5.74) is 1.62. The molecule has 0 spiro atoms. The van der Waals surface area contributed by atoms with E-state index in [4.69, 9.17) is 18.3 Å². The standard InChI is InChI=1S/C12H10O5S.C11H13NO3/c1-18-12(14)15-7-9-10(17-11(13)16-9)8-5-3-2-4-6-8;1-9(13)12-7-11(14)15-8-10-5-3-2-4-6-10/h2-6H,7H2,1H3;2-6H,7-8H2,1H3,(H,12,13). The average molecular weight is 474 g/mol. The molecule has 3 rings (SSSR count). The molecule has 0 unspecified atom stereocenters. The zero-order valence-corrected chi connectivity index (χ0v) is 18.9. The number of nitrogens with one attached hydrogen (secondary N) is 1. The Morgan fingerprint density at radius 1 is 0.909 bits per heavy atom. The van der Waals surface area contributed by atoms with Crippen molar-refractivity contribution in [1.29, 1.82) is 0 Å². The monoisotopic (exact) mass is 473 g/mol. The lowest BCUT2D eigenvalue weighted by Gasteiger charge is -2.04. The van der Waals surface area contributed by atoms with Gasteiger partial charge in [0.25, 0.3) is 0 Å². The van der Waals surface area contributed by atoms with Crippen molar-refractivity contribution in [3.63, 3.8) is 0 Å². The summed E-state index contributed by atoms with van der Waals surface area (Å²) < 4.78 is 19.6. The van der Waals surface area contributed by atoms with E-state index in [-0.39, 0.29) is 37.2 Å². The zero-order chi connectivity index (χ0) is 24.1. The van der Waals surface area contributed by atoms with E-state index in [0.29, 0.717) is 5.56 Å². The van der Waals surface area contributed by atoms with Gasteiger partial charge >= 0.3 is 17.1 Å². The first-order chi connectivity index (χ1) is 15.9. The van der Waals surface area contributed by atoms with Gasteiger partial charge in [0.1, 0.15) is 13.2 Å². The molecule has 1 amide bonds. The Balaban J connectivity index is 0.000000238. The third-order valence-electron chi connectivity index (χ3n) is 3.89. The van der Waals surface area contributed by atoms with E-state index in [1.807, 2.05) is 36.4 Å². The average Bonchev–Trinajstić information content (AvgIpc) is 3.22. The molecule has 9 nitrogen and oxygen atoms in total. The molecule has 0 aliphatic rings. The van der Waals surface area contributed by atoms with Crippen molar-refractivity contribution in [3.8, 4) is 11.3 Å². The van der Waals surface area contributed by atoms with Crippen LogP contribution in [0.15, 0.2) is 74.3 Å². The number of rotatable bonds is 7. The topological polar surface area (TPSA) is 125 Å². The highest BCUT2D eigenvalue weighted by Gasteiger charge is 2.16. The van der Waals surface area contributed by atoms with Crippen molar-refractivity contribution in [2.75, 3.05) is 12.8 Å². The van der Waals surface area contributed by atoms with Crippen LogP contribution >= 0.6 is 11.8 Å². The van der Waals surface area contributed by atoms with E-state index in [1.165, 1.54) is 6.92 Å². The molecule has 0 atom stereocenters. The third-order valence-corrected chi connectivity index (χ3v) is 4.34. The minimum absolute atomic E-state index is 0.0812. The first kappa shape index (κ1) is 25.5. The number of benzene rings is 2. The van der Waals surface area contributed by atoms with Crippen molar-refractivity contribution < 1.29 is 32.7 Å². The highest BCUT2D eigenvalue weighted by molar-refractivity contribution is 8.12. The quantitative estimate of drug-likeness (QED) is 0.510. The Kier molecular flexibility index (Phi) is 10.5. The van der Waals surface area contributed by atoms with Crippen LogP contribution < -0.4 is 11.1 Å². The van der Waals surface area contributed by atoms with Crippen LogP contribution in [0.5, 0.6) is 0 Å². The molecule has 0 aliphatic heterocycles. The number of amides is 1. The molecule has 2 aromatic carbocycles. The van der Waals surface area contributed by atoms with Crippen LogP contribution in [0.4, 0.5) is 4.79 Å². The van der Waals surface area contributed by atoms with Crippen LogP contribution in [-0.4, -0.2) is 30.0 Å². The smallest absolute Gasteiger partial charge is 0.460 e. The van der Waals surface area contributed by atoms with Crippen LogP contribution in [0.2, 0.25) is 0 Å². The molecule has 0 aliphatic carbocycles. The molecule has 0 saturated heterocycles. The molecule has 33 heavy (non-hydrogen) atoms. The molecular formula is C23H23NO8S. The first-order valence-corrected chi connectivity index (χ1v) is 10.9. The molecule has 0 saturated carbocycles. The van der Waals surface area contributed by atoms with Gasteiger partial charge in [-0.1, -0.05) is 60.7 Å². The molecule has 0 fully saturated rings. The second kappa shape index (κ2) is 13.6. The fourth-order valence-corrected chi connectivity index (χ4v) is 2.56. The molecule has 3 aromatic rings. The molecule has 1 heterocycles. The van der Waals surface area contributed by atoms with Gasteiger partial charge in [-0.3, -0.25) is 9.59 Å². The number of esters is 1. The molecule has 0 radical (unpaired) electrons. The lowest BCUT2D eigenvalue weighted by molar-refractivity contribution is -0.145. The highest BCUT2D eigenvalue weighted by atomic mass is 32.2. The summed E-state index contributed by atoms with van der Waals surface area (Å²) in [5.74, 6) is -1.01. The van der Waals surface area contributed by atoms with Crippen LogP contribution in [0, 0.1) is 0 Å². The maximum absolute atomic E-state index is 11.1. The van der Waals surface area contributed by atoms with Gasteiger partial charge < -0.3 is 23.6 Å². The number of ether oxygens (including phenoxy) is 2. The Morgan fingerprint density at radius 3 is 2.15 bits per heavy atom. The van der Waals surface area contributed by atoms with Gasteiger partial charge in [-0.2, -0.15) is 0 Å². The second-order valence-electron chi connectivity index (χ2n) is 6.37. The summed E-state index contributed by atoms with van der Waals surface area (Å²) >= 11 is 0.941. The lowest BCUT2D eigenvalue weighted by atomic mass is 10.1. The fourth-order valence-electron chi connectivity index (χ4n) is 2.38. The van der Waals surface area contributed by atoms with E-state index >= 15 is 0 Å². The van der Waals surface area contributed by atoms with Crippen LogP contribution in [-0.2, 0) is 32.3 Å². The van der Waals surface area contributed by atoms with Crippen molar-refractivity contribution in [2.24, 2.45) is 0 Å². The molecule has 10 heteroatoms. The minimum Gasteiger partial charge on any atom is -0.460 e. The SMILES string of the molecule is CC(=O)NCC(=O)OCc1ccccc1.CSC(=O)OCc1oc(=O)oc1-c1ccccc1. The summed E-state index contributed by atoms with van der Waals surface area (Å²) in [4.78, 5) is 43.7. The minimum atomic E-state index is -0.816. The van der Waals surface area contributed by atoms with Gasteiger partial charge in [0.15, 0.2) is 18.1 Å².